The maximum atomic E-state index is 12.3. The molecule has 0 aliphatic carbocycles. The van der Waals surface area contributed by atoms with Gasteiger partial charge in [-0.1, -0.05) is 32.4 Å². The van der Waals surface area contributed by atoms with Gasteiger partial charge in [0.1, 0.15) is 0 Å². The molecule has 1 aliphatic rings. The topological polar surface area (TPSA) is 58.4 Å². The Morgan fingerprint density at radius 2 is 2.10 bits per heavy atom. The number of nitrogens with two attached hydrogens (primary N) is 1. The molecule has 1 fully saturated rings. The summed E-state index contributed by atoms with van der Waals surface area (Å²) in [5, 5.41) is 2.98. The fraction of sp³-hybridized carbons (Fsp3) is 0.588. The maximum Gasteiger partial charge on any atom is 0.321 e. The number of benzene rings is 1. The van der Waals surface area contributed by atoms with E-state index in [-0.39, 0.29) is 12.1 Å². The van der Waals surface area contributed by atoms with Crippen molar-refractivity contribution in [3.8, 4) is 0 Å². The van der Waals surface area contributed by atoms with Gasteiger partial charge in [-0.25, -0.2) is 4.79 Å². The summed E-state index contributed by atoms with van der Waals surface area (Å²) in [5.41, 5.74) is 8.12. The zero-order valence-electron chi connectivity index (χ0n) is 13.4. The molecule has 0 aromatic heterocycles. The van der Waals surface area contributed by atoms with Crippen molar-refractivity contribution in [2.45, 2.75) is 46.1 Å². The van der Waals surface area contributed by atoms with Gasteiger partial charge in [0.15, 0.2) is 0 Å². The number of hydrogen-bond acceptors (Lipinski definition) is 2. The third-order valence-electron chi connectivity index (χ3n) is 4.77. The normalized spacial score (nSPS) is 19.1. The highest BCUT2D eigenvalue weighted by Crippen LogP contribution is 2.34. The zero-order chi connectivity index (χ0) is 15.5. The fourth-order valence-electron chi connectivity index (χ4n) is 2.71. The highest BCUT2D eigenvalue weighted by molar-refractivity contribution is 5.89. The third-order valence-corrected chi connectivity index (χ3v) is 4.77. The van der Waals surface area contributed by atoms with E-state index in [1.54, 1.807) is 0 Å². The summed E-state index contributed by atoms with van der Waals surface area (Å²) < 4.78 is 0. The quantitative estimate of drug-likeness (QED) is 0.890. The minimum absolute atomic E-state index is 0.00465. The SMILES string of the molecule is CCC1(C)CCN(C(=O)Nc2cccc(C(C)N)c2)CC1. The van der Waals surface area contributed by atoms with E-state index in [9.17, 15) is 4.79 Å². The van der Waals surface area contributed by atoms with Crippen LogP contribution in [0, 0.1) is 5.41 Å². The molecule has 1 aliphatic heterocycles. The number of hydrogen-bond donors (Lipinski definition) is 2. The lowest BCUT2D eigenvalue weighted by Gasteiger charge is -2.38. The van der Waals surface area contributed by atoms with E-state index in [1.165, 1.54) is 6.42 Å². The Kier molecular flexibility index (Phi) is 4.88. The van der Waals surface area contributed by atoms with Crippen LogP contribution in [-0.2, 0) is 0 Å². The lowest BCUT2D eigenvalue weighted by Crippen LogP contribution is -2.43. The number of urea groups is 1. The number of anilines is 1. The number of carbonyl (C=O) groups is 1. The van der Waals surface area contributed by atoms with Crippen LogP contribution in [0.15, 0.2) is 24.3 Å². The largest absolute Gasteiger partial charge is 0.324 e. The van der Waals surface area contributed by atoms with Gasteiger partial charge in [-0.2, -0.15) is 0 Å². The first kappa shape index (κ1) is 15.8. The third kappa shape index (κ3) is 3.97. The van der Waals surface area contributed by atoms with Gasteiger partial charge in [0.05, 0.1) is 0 Å². The van der Waals surface area contributed by atoms with Crippen LogP contribution in [0.2, 0.25) is 0 Å². The van der Waals surface area contributed by atoms with Crippen LogP contribution in [-0.4, -0.2) is 24.0 Å². The van der Waals surface area contributed by atoms with Crippen molar-refractivity contribution < 1.29 is 4.79 Å². The van der Waals surface area contributed by atoms with Crippen LogP contribution in [0.1, 0.15) is 51.6 Å². The summed E-state index contributed by atoms with van der Waals surface area (Å²) >= 11 is 0. The van der Waals surface area contributed by atoms with Gasteiger partial charge in [-0.3, -0.25) is 0 Å². The molecule has 116 valence electrons. The van der Waals surface area contributed by atoms with Crippen LogP contribution in [0.4, 0.5) is 10.5 Å². The lowest BCUT2D eigenvalue weighted by molar-refractivity contribution is 0.133. The number of amides is 2. The number of likely N-dealkylation sites (tertiary alicyclic amines) is 1. The first-order valence-electron chi connectivity index (χ1n) is 7.85. The van der Waals surface area contributed by atoms with E-state index in [2.05, 4.69) is 19.2 Å². The Labute approximate surface area is 127 Å². The van der Waals surface area contributed by atoms with Crippen molar-refractivity contribution in [2.75, 3.05) is 18.4 Å². The van der Waals surface area contributed by atoms with Gasteiger partial charge in [-0.15, -0.1) is 0 Å². The molecule has 1 heterocycles. The van der Waals surface area contributed by atoms with Crippen molar-refractivity contribution >= 4 is 11.7 Å². The Bertz CT molecular complexity index is 491. The van der Waals surface area contributed by atoms with Crippen molar-refractivity contribution in [2.24, 2.45) is 11.1 Å². The van der Waals surface area contributed by atoms with E-state index >= 15 is 0 Å². The average Bonchev–Trinajstić information content (AvgIpc) is 2.48. The molecule has 1 saturated heterocycles. The zero-order valence-corrected chi connectivity index (χ0v) is 13.4. The van der Waals surface area contributed by atoms with Gasteiger partial charge in [0, 0.05) is 24.8 Å². The summed E-state index contributed by atoms with van der Waals surface area (Å²) in [6, 6.07) is 7.73. The minimum Gasteiger partial charge on any atom is -0.324 e. The monoisotopic (exact) mass is 289 g/mol. The molecule has 0 bridgehead atoms. The number of carbonyl (C=O) groups excluding carboxylic acids is 1. The standard InChI is InChI=1S/C17H27N3O/c1-4-17(3)8-10-20(11-9-17)16(21)19-15-7-5-6-14(12-15)13(2)18/h5-7,12-13H,4,8-11,18H2,1-3H3,(H,19,21). The summed E-state index contributed by atoms with van der Waals surface area (Å²) in [7, 11) is 0. The van der Waals surface area contributed by atoms with Crippen LogP contribution >= 0.6 is 0 Å². The predicted molar refractivity (Wildman–Crippen MR) is 87.3 cm³/mol. The second-order valence-electron chi connectivity index (χ2n) is 6.50. The fourth-order valence-corrected chi connectivity index (χ4v) is 2.71. The highest BCUT2D eigenvalue weighted by Gasteiger charge is 2.30. The van der Waals surface area contributed by atoms with E-state index in [1.807, 2.05) is 36.1 Å². The second-order valence-corrected chi connectivity index (χ2v) is 6.50. The molecule has 2 rings (SSSR count). The van der Waals surface area contributed by atoms with Crippen LogP contribution < -0.4 is 11.1 Å². The number of piperidine rings is 1. The maximum absolute atomic E-state index is 12.3. The summed E-state index contributed by atoms with van der Waals surface area (Å²) in [5.74, 6) is 0. The van der Waals surface area contributed by atoms with E-state index in [4.69, 9.17) is 5.73 Å². The predicted octanol–water partition coefficient (Wildman–Crippen LogP) is 3.75. The molecular formula is C17H27N3O. The van der Waals surface area contributed by atoms with Crippen molar-refractivity contribution in [1.82, 2.24) is 4.90 Å². The average molecular weight is 289 g/mol. The number of nitrogens with one attached hydrogen (secondary N) is 1. The smallest absolute Gasteiger partial charge is 0.321 e. The molecule has 0 radical (unpaired) electrons. The number of rotatable bonds is 3. The van der Waals surface area contributed by atoms with Crippen LogP contribution in [0.25, 0.3) is 0 Å². The number of nitrogens with zero attached hydrogens (tertiary/aromatic N) is 1. The van der Waals surface area contributed by atoms with Gasteiger partial charge in [0.25, 0.3) is 0 Å². The molecule has 0 spiro atoms. The lowest BCUT2D eigenvalue weighted by atomic mass is 9.78. The van der Waals surface area contributed by atoms with Crippen molar-refractivity contribution in [3.63, 3.8) is 0 Å². The molecule has 1 unspecified atom stereocenters. The first-order valence-corrected chi connectivity index (χ1v) is 7.85. The summed E-state index contributed by atoms with van der Waals surface area (Å²) in [6.07, 6.45) is 3.34. The van der Waals surface area contributed by atoms with Crippen LogP contribution in [0.5, 0.6) is 0 Å². The van der Waals surface area contributed by atoms with Gasteiger partial charge >= 0.3 is 6.03 Å². The molecule has 2 amide bonds. The molecule has 21 heavy (non-hydrogen) atoms. The Morgan fingerprint density at radius 3 is 2.67 bits per heavy atom. The molecule has 1 aromatic rings. The Hall–Kier alpha value is -1.55. The molecular weight excluding hydrogens is 262 g/mol. The molecule has 1 atom stereocenters. The summed E-state index contributed by atoms with van der Waals surface area (Å²) in [4.78, 5) is 14.2. The van der Waals surface area contributed by atoms with E-state index < -0.39 is 0 Å². The van der Waals surface area contributed by atoms with Crippen molar-refractivity contribution in [3.05, 3.63) is 29.8 Å². The van der Waals surface area contributed by atoms with Gasteiger partial charge in [-0.05, 0) is 42.9 Å². The molecule has 4 heteroatoms. The van der Waals surface area contributed by atoms with Crippen LogP contribution in [0.3, 0.4) is 0 Å². The molecule has 3 N–H and O–H groups in total. The summed E-state index contributed by atoms with van der Waals surface area (Å²) in [6.45, 7) is 8.16. The molecule has 0 saturated carbocycles. The van der Waals surface area contributed by atoms with E-state index in [0.29, 0.717) is 5.41 Å². The van der Waals surface area contributed by atoms with Gasteiger partial charge in [0.2, 0.25) is 0 Å². The van der Waals surface area contributed by atoms with E-state index in [0.717, 1.165) is 37.2 Å². The Balaban J connectivity index is 1.95. The first-order chi connectivity index (χ1) is 9.93. The van der Waals surface area contributed by atoms with Gasteiger partial charge < -0.3 is 16.0 Å². The van der Waals surface area contributed by atoms with Crippen molar-refractivity contribution in [1.29, 1.82) is 0 Å². The molecule has 4 nitrogen and oxygen atoms in total. The second kappa shape index (κ2) is 6.48. The Morgan fingerprint density at radius 1 is 1.43 bits per heavy atom. The minimum atomic E-state index is -0.0258. The highest BCUT2D eigenvalue weighted by atomic mass is 16.2. The molecule has 1 aromatic carbocycles.